The number of carboxylic acid groups (broad SMARTS) is 1. The second-order valence-corrected chi connectivity index (χ2v) is 8.92. The monoisotopic (exact) mass is 473 g/mol. The summed E-state index contributed by atoms with van der Waals surface area (Å²) in [6, 6.07) is 11.7. The maximum atomic E-state index is 13.3. The third-order valence-corrected chi connectivity index (χ3v) is 6.59. The number of aliphatic carboxylic acids is 1. The van der Waals surface area contributed by atoms with E-state index in [1.54, 1.807) is 24.3 Å². The van der Waals surface area contributed by atoms with Crippen LogP contribution in [-0.2, 0) is 14.4 Å². The van der Waals surface area contributed by atoms with E-state index in [9.17, 15) is 19.2 Å². The van der Waals surface area contributed by atoms with Crippen molar-refractivity contribution in [2.45, 2.75) is 6.04 Å². The number of nitrogens with one attached hydrogen (secondary N) is 1. The second kappa shape index (κ2) is 9.22. The van der Waals surface area contributed by atoms with Crippen molar-refractivity contribution in [2.75, 3.05) is 36.5 Å². The van der Waals surface area contributed by atoms with Crippen LogP contribution in [-0.4, -0.2) is 75.8 Å². The van der Waals surface area contributed by atoms with Gasteiger partial charge in [0.25, 0.3) is 5.91 Å². The molecule has 1 fully saturated rings. The predicted molar refractivity (Wildman–Crippen MR) is 122 cm³/mol. The smallest absolute Gasteiger partial charge is 0.313 e. The van der Waals surface area contributed by atoms with Gasteiger partial charge in [-0.05, 0) is 35.4 Å². The Morgan fingerprint density at radius 2 is 1.78 bits per heavy atom. The normalized spacial score (nSPS) is 17.8. The summed E-state index contributed by atoms with van der Waals surface area (Å²) in [6.07, 6.45) is 0. The summed E-state index contributed by atoms with van der Waals surface area (Å²) < 4.78 is 0. The van der Waals surface area contributed by atoms with Crippen LogP contribution in [0.25, 0.3) is 11.1 Å². The number of benzene rings is 2. The molecule has 1 saturated heterocycles. The van der Waals surface area contributed by atoms with E-state index in [2.05, 4.69) is 5.32 Å². The van der Waals surface area contributed by atoms with Crippen LogP contribution in [0.15, 0.2) is 42.5 Å². The van der Waals surface area contributed by atoms with E-state index in [0.717, 1.165) is 22.9 Å². The van der Waals surface area contributed by atoms with Gasteiger partial charge in [0.2, 0.25) is 11.8 Å². The fourth-order valence-corrected chi connectivity index (χ4v) is 4.58. The topological polar surface area (TPSA) is 107 Å². The summed E-state index contributed by atoms with van der Waals surface area (Å²) >= 11 is 6.97. The van der Waals surface area contributed by atoms with Gasteiger partial charge in [-0.3, -0.25) is 19.2 Å². The van der Waals surface area contributed by atoms with Crippen LogP contribution in [0, 0.1) is 0 Å². The van der Waals surface area contributed by atoms with E-state index in [0.29, 0.717) is 16.3 Å². The molecule has 166 valence electrons. The SMILES string of the molecule is O=C(O)CSCC(=O)N1CCN2C(=O)c3cc(-c4ccc(Cl)cc4)ccc3NC(=O)C2C1. The minimum Gasteiger partial charge on any atom is -0.481 e. The molecule has 2 N–H and O–H groups in total. The second-order valence-electron chi connectivity index (χ2n) is 7.50. The molecule has 1 atom stereocenters. The molecular weight excluding hydrogens is 454 g/mol. The number of hydrogen-bond donors (Lipinski definition) is 2. The highest BCUT2D eigenvalue weighted by Crippen LogP contribution is 2.30. The number of carbonyl (C=O) groups is 4. The first-order valence-corrected chi connectivity index (χ1v) is 11.5. The number of nitrogens with zero attached hydrogens (tertiary/aromatic N) is 2. The van der Waals surface area contributed by atoms with Crippen LogP contribution in [0.1, 0.15) is 10.4 Å². The molecule has 2 aliphatic rings. The maximum absolute atomic E-state index is 13.3. The van der Waals surface area contributed by atoms with Gasteiger partial charge in [0.15, 0.2) is 0 Å². The Kier molecular flexibility index (Phi) is 6.38. The van der Waals surface area contributed by atoms with Gasteiger partial charge >= 0.3 is 5.97 Å². The lowest BCUT2D eigenvalue weighted by molar-refractivity contribution is -0.134. The van der Waals surface area contributed by atoms with Gasteiger partial charge in [0.05, 0.1) is 29.3 Å². The average molecular weight is 474 g/mol. The van der Waals surface area contributed by atoms with E-state index in [1.807, 2.05) is 18.2 Å². The fraction of sp³-hybridized carbons (Fsp3) is 0.273. The average Bonchev–Trinajstić information content (AvgIpc) is 2.88. The first-order valence-electron chi connectivity index (χ1n) is 9.92. The summed E-state index contributed by atoms with van der Waals surface area (Å²) in [4.78, 5) is 52.3. The van der Waals surface area contributed by atoms with Gasteiger partial charge in [-0.25, -0.2) is 0 Å². The van der Waals surface area contributed by atoms with E-state index < -0.39 is 12.0 Å². The molecule has 0 saturated carbocycles. The number of rotatable bonds is 5. The summed E-state index contributed by atoms with van der Waals surface area (Å²) in [5, 5.41) is 12.2. The molecular formula is C22H20ClN3O5S. The molecule has 0 radical (unpaired) electrons. The minimum atomic E-state index is -0.989. The summed E-state index contributed by atoms with van der Waals surface area (Å²) in [6.45, 7) is 0.577. The molecule has 0 aliphatic carbocycles. The van der Waals surface area contributed by atoms with Crippen molar-refractivity contribution in [2.24, 2.45) is 0 Å². The standard InChI is InChI=1S/C22H20ClN3O5S/c23-15-4-1-13(2-5-15)14-3-6-17-16(9-14)22(31)26-8-7-25(10-18(26)21(30)24-17)19(27)11-32-12-20(28)29/h1-6,9,18H,7-8,10-12H2,(H,24,30)(H,28,29). The van der Waals surface area contributed by atoms with Crippen LogP contribution in [0.4, 0.5) is 5.69 Å². The van der Waals surface area contributed by atoms with E-state index in [-0.39, 0.29) is 48.9 Å². The Bertz CT molecular complexity index is 1090. The lowest BCUT2D eigenvalue weighted by Crippen LogP contribution is -2.59. The van der Waals surface area contributed by atoms with Crippen LogP contribution >= 0.6 is 23.4 Å². The molecule has 0 bridgehead atoms. The summed E-state index contributed by atoms with van der Waals surface area (Å²) in [7, 11) is 0. The molecule has 1 unspecified atom stereocenters. The Labute approximate surface area is 193 Å². The quantitative estimate of drug-likeness (QED) is 0.690. The number of halogens is 1. The zero-order valence-electron chi connectivity index (χ0n) is 16.9. The molecule has 32 heavy (non-hydrogen) atoms. The van der Waals surface area contributed by atoms with Crippen molar-refractivity contribution < 1.29 is 24.3 Å². The van der Waals surface area contributed by atoms with Gasteiger partial charge in [-0.1, -0.05) is 29.8 Å². The first kappa shape index (κ1) is 22.2. The molecule has 8 nitrogen and oxygen atoms in total. The predicted octanol–water partition coefficient (Wildman–Crippen LogP) is 2.43. The van der Waals surface area contributed by atoms with Crippen LogP contribution in [0.2, 0.25) is 5.02 Å². The summed E-state index contributed by atoms with van der Waals surface area (Å²) in [5.74, 6) is -2.02. The van der Waals surface area contributed by atoms with E-state index in [1.165, 1.54) is 9.80 Å². The molecule has 4 rings (SSSR count). The van der Waals surface area contributed by atoms with Crippen LogP contribution in [0.3, 0.4) is 0 Å². The van der Waals surface area contributed by atoms with Crippen molar-refractivity contribution in [1.29, 1.82) is 0 Å². The Morgan fingerprint density at radius 3 is 2.50 bits per heavy atom. The summed E-state index contributed by atoms with van der Waals surface area (Å²) in [5.41, 5.74) is 2.55. The van der Waals surface area contributed by atoms with Crippen molar-refractivity contribution in [3.8, 4) is 11.1 Å². The lowest BCUT2D eigenvalue weighted by Gasteiger charge is -2.39. The van der Waals surface area contributed by atoms with Crippen molar-refractivity contribution in [1.82, 2.24) is 9.80 Å². The van der Waals surface area contributed by atoms with E-state index in [4.69, 9.17) is 16.7 Å². The van der Waals surface area contributed by atoms with Gasteiger partial charge < -0.3 is 20.2 Å². The molecule has 2 aromatic rings. The van der Waals surface area contributed by atoms with Crippen LogP contribution in [0.5, 0.6) is 0 Å². The zero-order chi connectivity index (χ0) is 22.8. The van der Waals surface area contributed by atoms with Crippen molar-refractivity contribution in [3.63, 3.8) is 0 Å². The first-order chi connectivity index (χ1) is 15.3. The Hall–Kier alpha value is -3.04. The molecule has 0 aromatic heterocycles. The highest BCUT2D eigenvalue weighted by Gasteiger charge is 2.40. The third kappa shape index (κ3) is 4.58. The molecule has 10 heteroatoms. The molecule has 2 aromatic carbocycles. The van der Waals surface area contributed by atoms with Crippen molar-refractivity contribution >= 4 is 52.7 Å². The number of carbonyl (C=O) groups excluding carboxylic acids is 3. The Morgan fingerprint density at radius 1 is 1.06 bits per heavy atom. The zero-order valence-corrected chi connectivity index (χ0v) is 18.5. The van der Waals surface area contributed by atoms with Crippen LogP contribution < -0.4 is 5.32 Å². The fourth-order valence-electron chi connectivity index (χ4n) is 3.82. The highest BCUT2D eigenvalue weighted by atomic mass is 35.5. The third-order valence-electron chi connectivity index (χ3n) is 5.43. The van der Waals surface area contributed by atoms with E-state index >= 15 is 0 Å². The highest BCUT2D eigenvalue weighted by molar-refractivity contribution is 8.00. The molecule has 2 aliphatic heterocycles. The lowest BCUT2D eigenvalue weighted by atomic mass is 10.0. The van der Waals surface area contributed by atoms with Gasteiger partial charge in [-0.2, -0.15) is 0 Å². The van der Waals surface area contributed by atoms with Gasteiger partial charge in [0.1, 0.15) is 6.04 Å². The number of amides is 3. The largest absolute Gasteiger partial charge is 0.481 e. The van der Waals surface area contributed by atoms with Crippen molar-refractivity contribution in [3.05, 3.63) is 53.1 Å². The number of hydrogen-bond acceptors (Lipinski definition) is 5. The molecule has 0 spiro atoms. The number of thioether (sulfide) groups is 1. The number of fused-ring (bicyclic) bond motifs is 2. The van der Waals surface area contributed by atoms with Gasteiger partial charge in [0, 0.05) is 18.1 Å². The molecule has 2 heterocycles. The minimum absolute atomic E-state index is 0.0132. The number of anilines is 1. The number of piperazine rings is 1. The maximum Gasteiger partial charge on any atom is 0.313 e. The molecule has 3 amide bonds. The Balaban J connectivity index is 1.54. The number of carboxylic acids is 1. The van der Waals surface area contributed by atoms with Gasteiger partial charge in [-0.15, -0.1) is 11.8 Å².